The average molecular weight is 174 g/mol. The third-order valence-corrected chi connectivity index (χ3v) is 2.07. The van der Waals surface area contributed by atoms with Gasteiger partial charge in [0.2, 0.25) is 0 Å². The Morgan fingerprint density at radius 3 is 2.42 bits per heavy atom. The van der Waals surface area contributed by atoms with Crippen LogP contribution in [0.2, 0.25) is 0 Å². The number of aliphatic hydroxyl groups excluding tert-OH is 1. The van der Waals surface area contributed by atoms with Crippen LogP contribution in [-0.2, 0) is 4.74 Å². The van der Waals surface area contributed by atoms with E-state index in [2.05, 4.69) is 6.92 Å². The van der Waals surface area contributed by atoms with Crippen molar-refractivity contribution in [2.24, 2.45) is 0 Å². The molecule has 2 heteroatoms. The minimum absolute atomic E-state index is 0.00754. The quantitative estimate of drug-likeness (QED) is 0.600. The van der Waals surface area contributed by atoms with Gasteiger partial charge in [0.05, 0.1) is 12.2 Å². The lowest BCUT2D eigenvalue weighted by atomic mass is 10.1. The van der Waals surface area contributed by atoms with Gasteiger partial charge in [0, 0.05) is 6.61 Å². The molecule has 0 spiro atoms. The van der Waals surface area contributed by atoms with Gasteiger partial charge in [-0.15, -0.1) is 0 Å². The van der Waals surface area contributed by atoms with Gasteiger partial charge < -0.3 is 9.84 Å². The molecule has 0 aliphatic rings. The Labute approximate surface area is 75.9 Å². The van der Waals surface area contributed by atoms with Crippen LogP contribution in [0.3, 0.4) is 0 Å². The molecule has 74 valence electrons. The third-order valence-electron chi connectivity index (χ3n) is 2.07. The molecule has 0 saturated carbocycles. The minimum atomic E-state index is -0.281. The number of unbranched alkanes of at least 4 members (excludes halogenated alkanes) is 2. The van der Waals surface area contributed by atoms with Gasteiger partial charge in [-0.3, -0.25) is 0 Å². The number of hydrogen-bond acceptors (Lipinski definition) is 2. The molecule has 2 atom stereocenters. The van der Waals surface area contributed by atoms with E-state index in [-0.39, 0.29) is 12.2 Å². The van der Waals surface area contributed by atoms with Gasteiger partial charge in [0.25, 0.3) is 0 Å². The molecule has 0 amide bonds. The zero-order valence-corrected chi connectivity index (χ0v) is 8.55. The molecule has 0 aromatic heterocycles. The summed E-state index contributed by atoms with van der Waals surface area (Å²) in [6.45, 7) is 6.74. The lowest BCUT2D eigenvalue weighted by molar-refractivity contribution is -0.0256. The van der Waals surface area contributed by atoms with Crippen molar-refractivity contribution < 1.29 is 9.84 Å². The van der Waals surface area contributed by atoms with Crippen molar-refractivity contribution in [2.45, 2.75) is 58.7 Å². The molecule has 0 aromatic rings. The van der Waals surface area contributed by atoms with Crippen LogP contribution in [0.1, 0.15) is 46.5 Å². The van der Waals surface area contributed by atoms with Crippen molar-refractivity contribution in [2.75, 3.05) is 6.61 Å². The Morgan fingerprint density at radius 2 is 1.92 bits per heavy atom. The number of rotatable bonds is 7. The van der Waals surface area contributed by atoms with Crippen molar-refractivity contribution in [1.82, 2.24) is 0 Å². The summed E-state index contributed by atoms with van der Waals surface area (Å²) in [5.74, 6) is 0. The monoisotopic (exact) mass is 174 g/mol. The van der Waals surface area contributed by atoms with Gasteiger partial charge >= 0.3 is 0 Å². The van der Waals surface area contributed by atoms with Crippen LogP contribution >= 0.6 is 0 Å². The van der Waals surface area contributed by atoms with Gasteiger partial charge in [-0.25, -0.2) is 0 Å². The van der Waals surface area contributed by atoms with Crippen molar-refractivity contribution in [3.05, 3.63) is 0 Å². The fraction of sp³-hybridized carbons (Fsp3) is 1.00. The first kappa shape index (κ1) is 11.9. The first-order valence-electron chi connectivity index (χ1n) is 5.02. The average Bonchev–Trinajstić information content (AvgIpc) is 2.05. The summed E-state index contributed by atoms with van der Waals surface area (Å²) in [4.78, 5) is 0. The van der Waals surface area contributed by atoms with E-state index in [1.807, 2.05) is 13.8 Å². The zero-order chi connectivity index (χ0) is 9.40. The highest BCUT2D eigenvalue weighted by molar-refractivity contribution is 4.63. The summed E-state index contributed by atoms with van der Waals surface area (Å²) in [7, 11) is 0. The first-order chi connectivity index (χ1) is 5.72. The maximum Gasteiger partial charge on any atom is 0.0805 e. The van der Waals surface area contributed by atoms with Crippen LogP contribution in [0, 0.1) is 0 Å². The van der Waals surface area contributed by atoms with Crippen LogP contribution < -0.4 is 0 Å². The van der Waals surface area contributed by atoms with E-state index in [0.717, 1.165) is 12.8 Å². The fourth-order valence-electron chi connectivity index (χ4n) is 1.21. The maximum atomic E-state index is 9.55. The smallest absolute Gasteiger partial charge is 0.0805 e. The molecule has 0 fully saturated rings. The molecule has 0 radical (unpaired) electrons. The predicted molar refractivity (Wildman–Crippen MR) is 51.2 cm³/mol. The van der Waals surface area contributed by atoms with Crippen LogP contribution in [0.4, 0.5) is 0 Å². The standard InChI is InChI=1S/C10H22O2/c1-4-6-7-8-10(11)9(3)12-5-2/h9-11H,4-8H2,1-3H3. The largest absolute Gasteiger partial charge is 0.390 e. The Kier molecular flexibility index (Phi) is 7.51. The number of aliphatic hydroxyl groups is 1. The van der Waals surface area contributed by atoms with E-state index in [4.69, 9.17) is 4.74 Å². The molecule has 0 rings (SSSR count). The molecule has 0 saturated heterocycles. The van der Waals surface area contributed by atoms with E-state index in [0.29, 0.717) is 6.61 Å². The van der Waals surface area contributed by atoms with Crippen LogP contribution in [0.15, 0.2) is 0 Å². The Balaban J connectivity index is 3.35. The minimum Gasteiger partial charge on any atom is -0.390 e. The van der Waals surface area contributed by atoms with Crippen LogP contribution in [-0.4, -0.2) is 23.9 Å². The summed E-state index contributed by atoms with van der Waals surface area (Å²) >= 11 is 0. The second-order valence-electron chi connectivity index (χ2n) is 3.22. The van der Waals surface area contributed by atoms with Crippen LogP contribution in [0.5, 0.6) is 0 Å². The molecule has 0 bridgehead atoms. The summed E-state index contributed by atoms with van der Waals surface area (Å²) < 4.78 is 5.28. The molecular formula is C10H22O2. The van der Waals surface area contributed by atoms with E-state index in [1.165, 1.54) is 12.8 Å². The maximum absolute atomic E-state index is 9.55. The summed E-state index contributed by atoms with van der Waals surface area (Å²) in [5.41, 5.74) is 0. The van der Waals surface area contributed by atoms with Gasteiger partial charge in [0.15, 0.2) is 0 Å². The zero-order valence-electron chi connectivity index (χ0n) is 8.55. The molecule has 12 heavy (non-hydrogen) atoms. The van der Waals surface area contributed by atoms with Crippen LogP contribution in [0.25, 0.3) is 0 Å². The normalized spacial score (nSPS) is 16.0. The van der Waals surface area contributed by atoms with Crippen molar-refractivity contribution in [1.29, 1.82) is 0 Å². The highest BCUT2D eigenvalue weighted by Crippen LogP contribution is 2.08. The highest BCUT2D eigenvalue weighted by Gasteiger charge is 2.12. The molecular weight excluding hydrogens is 152 g/mol. The molecule has 2 unspecified atom stereocenters. The topological polar surface area (TPSA) is 29.5 Å². The van der Waals surface area contributed by atoms with Crippen molar-refractivity contribution in [3.63, 3.8) is 0 Å². The second kappa shape index (κ2) is 7.56. The molecule has 0 aromatic carbocycles. The fourth-order valence-corrected chi connectivity index (χ4v) is 1.21. The van der Waals surface area contributed by atoms with Crippen molar-refractivity contribution >= 4 is 0 Å². The Bertz CT molecular complexity index is 93.8. The summed E-state index contributed by atoms with van der Waals surface area (Å²) in [6.07, 6.45) is 4.10. The van der Waals surface area contributed by atoms with Gasteiger partial charge in [-0.2, -0.15) is 0 Å². The van der Waals surface area contributed by atoms with E-state index in [9.17, 15) is 5.11 Å². The Morgan fingerprint density at radius 1 is 1.25 bits per heavy atom. The summed E-state index contributed by atoms with van der Waals surface area (Å²) in [5, 5.41) is 9.55. The summed E-state index contributed by atoms with van der Waals surface area (Å²) in [6, 6.07) is 0. The Hall–Kier alpha value is -0.0800. The van der Waals surface area contributed by atoms with E-state index in [1.54, 1.807) is 0 Å². The van der Waals surface area contributed by atoms with Gasteiger partial charge in [-0.1, -0.05) is 26.2 Å². The predicted octanol–water partition coefficient (Wildman–Crippen LogP) is 2.35. The second-order valence-corrected chi connectivity index (χ2v) is 3.22. The molecule has 0 aliphatic carbocycles. The van der Waals surface area contributed by atoms with Gasteiger partial charge in [0.1, 0.15) is 0 Å². The lowest BCUT2D eigenvalue weighted by Gasteiger charge is -2.18. The molecule has 1 N–H and O–H groups in total. The van der Waals surface area contributed by atoms with E-state index < -0.39 is 0 Å². The number of hydrogen-bond donors (Lipinski definition) is 1. The number of ether oxygens (including phenoxy) is 1. The lowest BCUT2D eigenvalue weighted by Crippen LogP contribution is -2.25. The van der Waals surface area contributed by atoms with E-state index >= 15 is 0 Å². The third kappa shape index (κ3) is 5.56. The highest BCUT2D eigenvalue weighted by atomic mass is 16.5. The molecule has 0 heterocycles. The van der Waals surface area contributed by atoms with Crippen molar-refractivity contribution in [3.8, 4) is 0 Å². The SMILES string of the molecule is CCCCCC(O)C(C)OCC. The molecule has 0 aliphatic heterocycles. The van der Waals surface area contributed by atoms with Gasteiger partial charge in [-0.05, 0) is 20.3 Å². The first-order valence-corrected chi connectivity index (χ1v) is 5.02. The molecule has 2 nitrogen and oxygen atoms in total.